The minimum absolute atomic E-state index is 0.110. The first-order valence-corrected chi connectivity index (χ1v) is 9.68. The van der Waals surface area contributed by atoms with Gasteiger partial charge in [0.1, 0.15) is 11.1 Å². The number of amides is 1. The number of rotatable bonds is 7. The summed E-state index contributed by atoms with van der Waals surface area (Å²) in [5, 5.41) is 9.18. The van der Waals surface area contributed by atoms with E-state index >= 15 is 0 Å². The average molecular weight is 398 g/mol. The predicted molar refractivity (Wildman–Crippen MR) is 109 cm³/mol. The summed E-state index contributed by atoms with van der Waals surface area (Å²) in [6.07, 6.45) is 1.63. The molecule has 3 rings (SSSR count). The highest BCUT2D eigenvalue weighted by molar-refractivity contribution is 7.11. The molecule has 0 aliphatic carbocycles. The molecule has 0 bridgehead atoms. The first-order chi connectivity index (χ1) is 13.7. The lowest BCUT2D eigenvalue weighted by molar-refractivity contribution is 0.0957. The fourth-order valence-corrected chi connectivity index (χ4v) is 3.17. The molecule has 0 saturated heterocycles. The fraction of sp³-hybridized carbons (Fsp3) is 0.263. The van der Waals surface area contributed by atoms with Crippen LogP contribution in [0.15, 0.2) is 51.5 Å². The second-order valence-electron chi connectivity index (χ2n) is 5.89. The molecule has 0 saturated carbocycles. The Labute approximate surface area is 167 Å². The van der Waals surface area contributed by atoms with E-state index in [4.69, 9.17) is 4.42 Å². The van der Waals surface area contributed by atoms with Gasteiger partial charge in [-0.05, 0) is 19.1 Å². The van der Waals surface area contributed by atoms with Crippen LogP contribution in [0.5, 0.6) is 0 Å². The number of carbonyl (C=O) groups excluding carboxylic acids is 1. The van der Waals surface area contributed by atoms with Gasteiger partial charge in [-0.3, -0.25) is 9.79 Å². The number of aromatic nitrogens is 2. The van der Waals surface area contributed by atoms with Crippen LogP contribution >= 0.6 is 11.3 Å². The third-order valence-corrected chi connectivity index (χ3v) is 4.82. The van der Waals surface area contributed by atoms with E-state index in [0.717, 1.165) is 17.0 Å². The summed E-state index contributed by atoms with van der Waals surface area (Å²) in [7, 11) is 1.69. The molecule has 1 aromatic carbocycles. The van der Waals surface area contributed by atoms with Gasteiger partial charge in [0.15, 0.2) is 5.96 Å². The Morgan fingerprint density at radius 1 is 1.18 bits per heavy atom. The molecule has 0 aliphatic rings. The molecule has 1 amide bonds. The number of benzene rings is 1. The smallest absolute Gasteiger partial charge is 0.263 e. The van der Waals surface area contributed by atoms with E-state index in [1.807, 2.05) is 37.3 Å². The Hall–Kier alpha value is -3.20. The molecule has 0 aliphatic heterocycles. The summed E-state index contributed by atoms with van der Waals surface area (Å²) in [6.45, 7) is 3.31. The van der Waals surface area contributed by atoms with E-state index < -0.39 is 0 Å². The average Bonchev–Trinajstić information content (AvgIpc) is 3.37. The standard InChI is InChI=1S/C19H22N6O2S/c1-13-16(28-12-24-13)17(26)21-8-9-22-19(20-2)23-10-15-11-27-18(25-15)14-6-4-3-5-7-14/h3-7,11-12H,8-10H2,1-2H3,(H,21,26)(H2,20,22,23). The normalized spacial score (nSPS) is 11.3. The third kappa shape index (κ3) is 5.17. The molecule has 2 heterocycles. The third-order valence-electron chi connectivity index (χ3n) is 3.89. The van der Waals surface area contributed by atoms with E-state index in [0.29, 0.717) is 36.4 Å². The lowest BCUT2D eigenvalue weighted by Gasteiger charge is -2.11. The van der Waals surface area contributed by atoms with E-state index in [1.54, 1.807) is 18.8 Å². The molecule has 146 valence electrons. The number of aliphatic imine (C=N–C) groups is 1. The van der Waals surface area contributed by atoms with Gasteiger partial charge in [-0.2, -0.15) is 0 Å². The largest absolute Gasteiger partial charge is 0.444 e. The number of aryl methyl sites for hydroxylation is 1. The minimum atomic E-state index is -0.110. The lowest BCUT2D eigenvalue weighted by atomic mass is 10.2. The monoisotopic (exact) mass is 398 g/mol. The van der Waals surface area contributed by atoms with Crippen molar-refractivity contribution in [3.63, 3.8) is 0 Å². The Bertz CT molecular complexity index is 935. The van der Waals surface area contributed by atoms with Gasteiger partial charge in [0, 0.05) is 25.7 Å². The number of thiazole rings is 1. The lowest BCUT2D eigenvalue weighted by Crippen LogP contribution is -2.41. The van der Waals surface area contributed by atoms with E-state index in [1.165, 1.54) is 11.3 Å². The molecular weight excluding hydrogens is 376 g/mol. The number of carbonyl (C=O) groups is 1. The molecule has 28 heavy (non-hydrogen) atoms. The molecule has 2 aromatic heterocycles. The van der Waals surface area contributed by atoms with Crippen molar-refractivity contribution in [2.24, 2.45) is 4.99 Å². The van der Waals surface area contributed by atoms with Gasteiger partial charge in [0.2, 0.25) is 5.89 Å². The van der Waals surface area contributed by atoms with Crippen molar-refractivity contribution in [3.8, 4) is 11.5 Å². The highest BCUT2D eigenvalue weighted by Gasteiger charge is 2.11. The molecule has 0 fully saturated rings. The quantitative estimate of drug-likeness (QED) is 0.320. The predicted octanol–water partition coefficient (Wildman–Crippen LogP) is 2.20. The Morgan fingerprint density at radius 2 is 1.96 bits per heavy atom. The molecule has 0 atom stereocenters. The zero-order valence-corrected chi connectivity index (χ0v) is 16.5. The molecule has 0 radical (unpaired) electrons. The number of guanidine groups is 1. The second kappa shape index (κ2) is 9.65. The van der Waals surface area contributed by atoms with E-state index in [-0.39, 0.29) is 5.91 Å². The number of nitrogens with one attached hydrogen (secondary N) is 3. The van der Waals surface area contributed by atoms with E-state index in [2.05, 4.69) is 30.9 Å². The molecule has 0 spiro atoms. The highest BCUT2D eigenvalue weighted by atomic mass is 32.1. The molecule has 0 unspecified atom stereocenters. The molecule has 8 nitrogen and oxygen atoms in total. The van der Waals surface area contributed by atoms with Crippen LogP contribution in [0.3, 0.4) is 0 Å². The van der Waals surface area contributed by atoms with Crippen LogP contribution in [0.4, 0.5) is 0 Å². The molecule has 3 N–H and O–H groups in total. The van der Waals surface area contributed by atoms with Gasteiger partial charge < -0.3 is 20.4 Å². The van der Waals surface area contributed by atoms with Gasteiger partial charge >= 0.3 is 0 Å². The maximum Gasteiger partial charge on any atom is 0.263 e. The number of oxazole rings is 1. The van der Waals surface area contributed by atoms with Crippen LogP contribution in [0.1, 0.15) is 21.1 Å². The fourth-order valence-electron chi connectivity index (χ4n) is 2.45. The number of hydrogen-bond donors (Lipinski definition) is 3. The summed E-state index contributed by atoms with van der Waals surface area (Å²) in [4.78, 5) is 25.4. The van der Waals surface area contributed by atoms with E-state index in [9.17, 15) is 4.79 Å². The summed E-state index contributed by atoms with van der Waals surface area (Å²) >= 11 is 1.34. The van der Waals surface area contributed by atoms with Crippen molar-refractivity contribution in [1.29, 1.82) is 0 Å². The summed E-state index contributed by atoms with van der Waals surface area (Å²) in [5.74, 6) is 1.09. The van der Waals surface area contributed by atoms with Crippen molar-refractivity contribution in [3.05, 3.63) is 58.4 Å². The van der Waals surface area contributed by atoms with Gasteiger partial charge in [-0.25, -0.2) is 9.97 Å². The van der Waals surface area contributed by atoms with Crippen molar-refractivity contribution in [1.82, 2.24) is 25.9 Å². The zero-order valence-electron chi connectivity index (χ0n) is 15.7. The summed E-state index contributed by atoms with van der Waals surface area (Å²) < 4.78 is 5.52. The number of hydrogen-bond acceptors (Lipinski definition) is 6. The van der Waals surface area contributed by atoms with Crippen molar-refractivity contribution < 1.29 is 9.21 Å². The zero-order chi connectivity index (χ0) is 19.8. The molecular formula is C19H22N6O2S. The summed E-state index contributed by atoms with van der Waals surface area (Å²) in [6, 6.07) is 9.74. The van der Waals surface area contributed by atoms with Crippen molar-refractivity contribution >= 4 is 23.2 Å². The SMILES string of the molecule is CN=C(NCCNC(=O)c1scnc1C)NCc1coc(-c2ccccc2)n1. The topological polar surface area (TPSA) is 104 Å². The van der Waals surface area contributed by atoms with Crippen molar-refractivity contribution in [2.75, 3.05) is 20.1 Å². The van der Waals surface area contributed by atoms with Crippen LogP contribution in [-0.2, 0) is 6.54 Å². The van der Waals surface area contributed by atoms with Crippen LogP contribution in [-0.4, -0.2) is 42.0 Å². The number of nitrogens with zero attached hydrogens (tertiary/aromatic N) is 3. The Kier molecular flexibility index (Phi) is 6.74. The Morgan fingerprint density at radius 3 is 2.68 bits per heavy atom. The molecule has 9 heteroatoms. The summed E-state index contributed by atoms with van der Waals surface area (Å²) in [5.41, 5.74) is 4.12. The van der Waals surface area contributed by atoms with Crippen LogP contribution in [0, 0.1) is 6.92 Å². The highest BCUT2D eigenvalue weighted by Crippen LogP contribution is 2.17. The van der Waals surface area contributed by atoms with Gasteiger partial charge in [-0.1, -0.05) is 18.2 Å². The first-order valence-electron chi connectivity index (χ1n) is 8.80. The van der Waals surface area contributed by atoms with Crippen LogP contribution in [0.25, 0.3) is 11.5 Å². The maximum atomic E-state index is 12.0. The Balaban J connectivity index is 1.41. The van der Waals surface area contributed by atoms with Crippen LogP contribution < -0.4 is 16.0 Å². The van der Waals surface area contributed by atoms with Gasteiger partial charge in [0.25, 0.3) is 5.91 Å². The molecule has 3 aromatic rings. The second-order valence-corrected chi connectivity index (χ2v) is 6.74. The van der Waals surface area contributed by atoms with Gasteiger partial charge in [0.05, 0.1) is 23.4 Å². The van der Waals surface area contributed by atoms with Gasteiger partial charge in [-0.15, -0.1) is 11.3 Å². The maximum absolute atomic E-state index is 12.0. The van der Waals surface area contributed by atoms with Crippen LogP contribution in [0.2, 0.25) is 0 Å². The first kappa shape index (κ1) is 19.6. The van der Waals surface area contributed by atoms with Crippen molar-refractivity contribution in [2.45, 2.75) is 13.5 Å². The minimum Gasteiger partial charge on any atom is -0.444 e.